The second-order valence-electron chi connectivity index (χ2n) is 13.7. The molecular weight excluding hydrogens is 640 g/mol. The van der Waals surface area contributed by atoms with E-state index in [4.69, 9.17) is 30.5 Å². The van der Waals surface area contributed by atoms with Crippen LogP contribution in [-0.2, 0) is 36.1 Å². The molecule has 1 fully saturated rings. The molecule has 0 radical (unpaired) electrons. The number of carbonyl (C=O) groups is 1. The average molecular weight is 687 g/mol. The van der Waals surface area contributed by atoms with Crippen LogP contribution in [0.15, 0.2) is 48.6 Å². The number of halogens is 1. The average Bonchev–Trinajstić information content (AvgIpc) is 3.17. The van der Waals surface area contributed by atoms with Gasteiger partial charge in [0.05, 0.1) is 38.2 Å². The maximum Gasteiger partial charge on any atom is 0.264 e. The van der Waals surface area contributed by atoms with Gasteiger partial charge < -0.3 is 23.8 Å². The summed E-state index contributed by atoms with van der Waals surface area (Å²) in [7, 11) is -0.920. The van der Waals surface area contributed by atoms with E-state index in [1.807, 2.05) is 25.1 Å². The summed E-state index contributed by atoms with van der Waals surface area (Å²) < 4.78 is 53.2. The van der Waals surface area contributed by atoms with Crippen LogP contribution < -0.4 is 14.4 Å². The molecule has 1 N–H and O–H groups in total. The first-order chi connectivity index (χ1) is 22.6. The number of hydrogen-bond donors (Lipinski definition) is 1. The van der Waals surface area contributed by atoms with E-state index in [0.29, 0.717) is 44.5 Å². The van der Waals surface area contributed by atoms with E-state index >= 15 is 0 Å². The lowest BCUT2D eigenvalue weighted by molar-refractivity contribution is -0.0310. The predicted molar refractivity (Wildman–Crippen MR) is 183 cm³/mol. The lowest BCUT2D eigenvalue weighted by Crippen LogP contribution is -2.49. The number of nitrogens with one attached hydrogen (secondary N) is 1. The van der Waals surface area contributed by atoms with Crippen molar-refractivity contribution in [1.29, 1.82) is 0 Å². The number of nitrogens with zero attached hydrogens (tertiary/aromatic N) is 1. The zero-order chi connectivity index (χ0) is 33.2. The third-order valence-electron chi connectivity index (χ3n) is 10.7. The Morgan fingerprint density at radius 3 is 2.72 bits per heavy atom. The molecule has 0 aromatic heterocycles. The van der Waals surface area contributed by atoms with Crippen LogP contribution in [0.3, 0.4) is 0 Å². The highest BCUT2D eigenvalue weighted by Gasteiger charge is 2.44. The Morgan fingerprint density at radius 1 is 1.11 bits per heavy atom. The van der Waals surface area contributed by atoms with Gasteiger partial charge in [-0.3, -0.25) is 4.79 Å². The normalized spacial score (nSPS) is 31.0. The van der Waals surface area contributed by atoms with Crippen LogP contribution in [0.2, 0.25) is 5.02 Å². The van der Waals surface area contributed by atoms with Crippen molar-refractivity contribution in [3.8, 4) is 5.75 Å². The van der Waals surface area contributed by atoms with Gasteiger partial charge in [-0.25, -0.2) is 13.1 Å². The molecular formula is C36H47ClN2O7S. The summed E-state index contributed by atoms with van der Waals surface area (Å²) in [5.41, 5.74) is 3.34. The van der Waals surface area contributed by atoms with Crippen LogP contribution in [0.1, 0.15) is 60.5 Å². The summed E-state index contributed by atoms with van der Waals surface area (Å²) in [5, 5.41) is -0.181. The first-order valence-corrected chi connectivity index (χ1v) is 18.7. The van der Waals surface area contributed by atoms with Crippen LogP contribution in [0.5, 0.6) is 5.75 Å². The molecule has 2 aliphatic carbocycles. The summed E-state index contributed by atoms with van der Waals surface area (Å²) in [6.45, 7) is 4.79. The molecule has 256 valence electrons. The number of rotatable bonds is 6. The van der Waals surface area contributed by atoms with Gasteiger partial charge in [-0.2, -0.15) is 0 Å². The van der Waals surface area contributed by atoms with Gasteiger partial charge >= 0.3 is 0 Å². The second-order valence-corrected chi connectivity index (χ2v) is 16.1. The quantitative estimate of drug-likeness (QED) is 0.312. The number of amides is 1. The molecule has 9 nitrogen and oxygen atoms in total. The topological polar surface area (TPSA) is 103 Å². The zero-order valence-electron chi connectivity index (χ0n) is 27.6. The van der Waals surface area contributed by atoms with E-state index < -0.39 is 21.2 Å². The molecule has 11 heteroatoms. The zero-order valence-corrected chi connectivity index (χ0v) is 29.2. The maximum absolute atomic E-state index is 13.6. The highest BCUT2D eigenvalue weighted by Crippen LogP contribution is 2.47. The number of anilines is 1. The summed E-state index contributed by atoms with van der Waals surface area (Å²) >= 11 is 6.44. The Bertz CT molecular complexity index is 1580. The van der Waals surface area contributed by atoms with E-state index in [2.05, 4.69) is 27.8 Å². The lowest BCUT2D eigenvalue weighted by Gasteiger charge is -2.46. The molecule has 2 heterocycles. The van der Waals surface area contributed by atoms with Crippen molar-refractivity contribution in [3.63, 3.8) is 0 Å². The van der Waals surface area contributed by atoms with Crippen molar-refractivity contribution >= 4 is 33.2 Å². The van der Waals surface area contributed by atoms with Crippen LogP contribution in [-0.4, -0.2) is 79.4 Å². The Balaban J connectivity index is 1.42. The molecule has 0 saturated heterocycles. The van der Waals surface area contributed by atoms with E-state index in [0.717, 1.165) is 49.4 Å². The number of ether oxygens (including phenoxy) is 4. The predicted octanol–water partition coefficient (Wildman–Crippen LogP) is 5.54. The molecule has 1 spiro atoms. The van der Waals surface area contributed by atoms with Crippen molar-refractivity contribution in [2.45, 2.75) is 62.2 Å². The number of aryl methyl sites for hydroxylation is 1. The molecule has 2 aromatic rings. The first kappa shape index (κ1) is 34.2. The highest BCUT2D eigenvalue weighted by molar-refractivity contribution is 7.90. The van der Waals surface area contributed by atoms with Crippen LogP contribution >= 0.6 is 11.6 Å². The van der Waals surface area contributed by atoms with Crippen molar-refractivity contribution in [2.24, 2.45) is 17.8 Å². The number of sulfonamides is 1. The van der Waals surface area contributed by atoms with E-state index in [9.17, 15) is 13.2 Å². The number of benzene rings is 2. The number of hydrogen-bond acceptors (Lipinski definition) is 8. The molecule has 47 heavy (non-hydrogen) atoms. The summed E-state index contributed by atoms with van der Waals surface area (Å²) in [4.78, 5) is 16.0. The largest absolute Gasteiger partial charge is 0.490 e. The number of fused-ring (bicyclic) bond motifs is 4. The minimum absolute atomic E-state index is 0.0311. The standard InChI is InChI=1S/C36H47ClN2O7S/c1-24-6-4-8-32(45-17-16-43-2)29-12-9-27(29)20-39-22-36(15-5-7-25-18-28(37)11-13-30(25)36)23-46-33-14-10-26(19-31(33)39)35(40)38-47(41,42)34(24)21-44-3/h4,8,10-11,13-14,18-19,24,27,29,32,34H,5-7,9,12,15-17,20-23H2,1-3H3,(H,38,40)/b8-4-/t24-,27-,29+,32-,34+,36-/m0/s1. The van der Waals surface area contributed by atoms with Gasteiger partial charge in [0.2, 0.25) is 10.0 Å². The smallest absolute Gasteiger partial charge is 0.264 e. The maximum atomic E-state index is 13.6. The van der Waals surface area contributed by atoms with Gasteiger partial charge in [0.1, 0.15) is 11.0 Å². The first-order valence-electron chi connectivity index (χ1n) is 16.8. The number of carbonyl (C=O) groups excluding carboxylic acids is 1. The third-order valence-corrected chi connectivity index (χ3v) is 12.8. The Labute approximate surface area is 284 Å². The van der Waals surface area contributed by atoms with Crippen molar-refractivity contribution < 1.29 is 32.2 Å². The van der Waals surface area contributed by atoms with E-state index in [1.165, 1.54) is 18.2 Å². The Kier molecular flexibility index (Phi) is 10.5. The lowest BCUT2D eigenvalue weighted by atomic mass is 9.68. The molecule has 4 aliphatic rings. The fourth-order valence-electron chi connectivity index (χ4n) is 7.95. The molecule has 1 saturated carbocycles. The van der Waals surface area contributed by atoms with Crippen LogP contribution in [0.4, 0.5) is 5.69 Å². The minimum Gasteiger partial charge on any atom is -0.490 e. The van der Waals surface area contributed by atoms with Crippen molar-refractivity contribution in [2.75, 3.05) is 58.6 Å². The third kappa shape index (κ3) is 7.22. The molecule has 2 aliphatic heterocycles. The molecule has 6 atom stereocenters. The molecule has 2 aromatic carbocycles. The summed E-state index contributed by atoms with van der Waals surface area (Å²) in [6.07, 6.45) is 9.58. The molecule has 1 amide bonds. The molecule has 0 unspecified atom stereocenters. The SMILES string of the molecule is COCCO[C@H]1/C=C\C[C@H](C)[C@@H](COC)S(=O)(=O)NC(=O)c2ccc3c(c2)N(C[C@@H]2CC[C@H]21)C[C@@]1(CCCc2cc(Cl)ccc21)CO3. The Morgan fingerprint density at radius 2 is 1.96 bits per heavy atom. The highest BCUT2D eigenvalue weighted by atomic mass is 35.5. The van der Waals surface area contributed by atoms with Crippen molar-refractivity contribution in [1.82, 2.24) is 4.72 Å². The van der Waals surface area contributed by atoms with E-state index in [-0.39, 0.29) is 35.5 Å². The summed E-state index contributed by atoms with van der Waals surface area (Å²) in [5.74, 6) is 0.373. The fourth-order valence-corrected chi connectivity index (χ4v) is 9.71. The van der Waals surface area contributed by atoms with Gasteiger partial charge in [0, 0.05) is 43.3 Å². The van der Waals surface area contributed by atoms with Gasteiger partial charge in [0.25, 0.3) is 5.91 Å². The van der Waals surface area contributed by atoms with Crippen LogP contribution in [0.25, 0.3) is 0 Å². The molecule has 6 rings (SSSR count). The minimum atomic E-state index is -4.06. The Hall–Kier alpha value is -2.63. The van der Waals surface area contributed by atoms with Crippen molar-refractivity contribution in [3.05, 3.63) is 70.3 Å². The van der Waals surface area contributed by atoms with E-state index in [1.54, 1.807) is 19.2 Å². The van der Waals surface area contributed by atoms with Gasteiger partial charge in [0.15, 0.2) is 0 Å². The number of methoxy groups -OCH3 is 2. The van der Waals surface area contributed by atoms with Gasteiger partial charge in [-0.05, 0) is 97.7 Å². The van der Waals surface area contributed by atoms with Crippen LogP contribution in [0, 0.1) is 17.8 Å². The monoisotopic (exact) mass is 686 g/mol. The van der Waals surface area contributed by atoms with Gasteiger partial charge in [-0.1, -0.05) is 36.7 Å². The summed E-state index contributed by atoms with van der Waals surface area (Å²) in [6, 6.07) is 11.5. The fraction of sp³-hybridized carbons (Fsp3) is 0.583. The number of allylic oxidation sites excluding steroid dienone is 1. The molecule has 2 bridgehead atoms. The second kappa shape index (κ2) is 14.5. The van der Waals surface area contributed by atoms with Gasteiger partial charge in [-0.15, -0.1) is 0 Å².